The third-order valence-electron chi connectivity index (χ3n) is 9.21. The molecular formula is C36H46N8O3. The molecule has 5 rings (SSSR count). The zero-order valence-electron chi connectivity index (χ0n) is 28.0. The van der Waals surface area contributed by atoms with Crippen LogP contribution in [0.4, 0.5) is 0 Å². The molecule has 0 saturated carbocycles. The molecule has 47 heavy (non-hydrogen) atoms. The molecule has 0 aliphatic carbocycles. The van der Waals surface area contributed by atoms with Crippen molar-refractivity contribution < 1.29 is 9.59 Å². The van der Waals surface area contributed by atoms with E-state index >= 15 is 0 Å². The Morgan fingerprint density at radius 1 is 1.00 bits per heavy atom. The average Bonchev–Trinajstić information content (AvgIpc) is 3.64. The molecule has 2 aromatic carbocycles. The topological polar surface area (TPSA) is 130 Å². The number of aromatic nitrogens is 6. The van der Waals surface area contributed by atoms with Gasteiger partial charge >= 0.3 is 0 Å². The summed E-state index contributed by atoms with van der Waals surface area (Å²) in [5.74, 6) is 1.25. The summed E-state index contributed by atoms with van der Waals surface area (Å²) in [6.45, 7) is 10.8. The third kappa shape index (κ3) is 7.84. The molecule has 1 atom stereocenters. The first kappa shape index (κ1) is 33.7. The minimum Gasteiger partial charge on any atom is -0.343 e. The number of hydrogen-bond acceptors (Lipinski definition) is 7. The lowest BCUT2D eigenvalue weighted by Crippen LogP contribution is -2.46. The first-order chi connectivity index (χ1) is 22.8. The number of unbranched alkanes of at least 4 members (excludes halogenated alkanes) is 1. The van der Waals surface area contributed by atoms with E-state index in [1.807, 2.05) is 79.1 Å². The second kappa shape index (κ2) is 15.8. The number of piperidine rings is 1. The highest BCUT2D eigenvalue weighted by atomic mass is 16.2. The van der Waals surface area contributed by atoms with E-state index in [2.05, 4.69) is 27.5 Å². The number of benzene rings is 2. The maximum Gasteiger partial charge on any atom is 0.257 e. The SMILES string of the molecule is CCCCc1nc(C)c(CCC(=O)N2CCCC(C(=O)N(CC)CC)C2)c(=O)n1Cc1ccc(-c2ccccc2-c2nn[nH]n2)cc1. The van der Waals surface area contributed by atoms with Crippen LogP contribution in [0.3, 0.4) is 0 Å². The number of hydrogen-bond donors (Lipinski definition) is 1. The fourth-order valence-electron chi connectivity index (χ4n) is 6.50. The van der Waals surface area contributed by atoms with Crippen LogP contribution in [-0.4, -0.2) is 78.0 Å². The van der Waals surface area contributed by atoms with Crippen molar-refractivity contribution in [3.63, 3.8) is 0 Å². The number of aromatic amines is 1. The smallest absolute Gasteiger partial charge is 0.257 e. The normalized spacial score (nSPS) is 14.7. The van der Waals surface area contributed by atoms with Crippen LogP contribution >= 0.6 is 0 Å². The minimum absolute atomic E-state index is 0.0147. The molecule has 1 aliphatic rings. The number of carbonyl (C=O) groups is 2. The maximum atomic E-state index is 14.0. The van der Waals surface area contributed by atoms with Crippen molar-refractivity contribution in [1.29, 1.82) is 0 Å². The van der Waals surface area contributed by atoms with E-state index in [1.54, 1.807) is 4.57 Å². The van der Waals surface area contributed by atoms with E-state index in [0.29, 0.717) is 62.6 Å². The summed E-state index contributed by atoms with van der Waals surface area (Å²) in [6.07, 6.45) is 4.78. The quantitative estimate of drug-likeness (QED) is 0.222. The number of aryl methyl sites for hydroxylation is 2. The molecule has 0 spiro atoms. The molecule has 1 fully saturated rings. The van der Waals surface area contributed by atoms with Crippen LogP contribution < -0.4 is 5.56 Å². The minimum atomic E-state index is -0.162. The van der Waals surface area contributed by atoms with Crippen molar-refractivity contribution >= 4 is 11.8 Å². The summed E-state index contributed by atoms with van der Waals surface area (Å²) >= 11 is 0. The maximum absolute atomic E-state index is 14.0. The van der Waals surface area contributed by atoms with Gasteiger partial charge in [-0.05, 0) is 68.4 Å². The Bertz CT molecular complexity index is 1710. The first-order valence-corrected chi connectivity index (χ1v) is 16.9. The molecule has 2 aromatic heterocycles. The Balaban J connectivity index is 1.33. The molecule has 1 N–H and O–H groups in total. The number of rotatable bonds is 13. The highest BCUT2D eigenvalue weighted by Gasteiger charge is 2.30. The zero-order valence-corrected chi connectivity index (χ0v) is 28.0. The molecule has 3 heterocycles. The predicted octanol–water partition coefficient (Wildman–Crippen LogP) is 4.83. The second-order valence-corrected chi connectivity index (χ2v) is 12.3. The fourth-order valence-corrected chi connectivity index (χ4v) is 6.50. The third-order valence-corrected chi connectivity index (χ3v) is 9.21. The van der Waals surface area contributed by atoms with Crippen LogP contribution in [0.2, 0.25) is 0 Å². The molecule has 0 radical (unpaired) electrons. The van der Waals surface area contributed by atoms with E-state index in [0.717, 1.165) is 53.8 Å². The number of H-pyrrole nitrogens is 1. The standard InChI is InChI=1S/C36H46N8O3/c1-5-8-15-32-37-25(4)29(20-21-33(45)43-22-11-12-28(24-43)35(46)42(6-2)7-3)36(47)44(32)23-26-16-18-27(19-17-26)30-13-9-10-14-31(30)34-38-40-41-39-34/h9-10,13-14,16-19,28H,5-8,11-12,15,20-24H2,1-4H3,(H,38,39,40,41). The van der Waals surface area contributed by atoms with Crippen molar-refractivity contribution in [1.82, 2.24) is 40.0 Å². The van der Waals surface area contributed by atoms with Crippen LogP contribution in [0.25, 0.3) is 22.5 Å². The Kier molecular flexibility index (Phi) is 11.3. The van der Waals surface area contributed by atoms with Gasteiger partial charge < -0.3 is 9.80 Å². The number of tetrazole rings is 1. The Labute approximate surface area is 276 Å². The lowest BCUT2D eigenvalue weighted by Gasteiger charge is -2.34. The number of likely N-dealkylation sites (tertiary alicyclic amines) is 1. The number of nitrogens with zero attached hydrogens (tertiary/aromatic N) is 7. The van der Waals surface area contributed by atoms with Crippen molar-refractivity contribution in [2.24, 2.45) is 5.92 Å². The number of nitrogens with one attached hydrogen (secondary N) is 1. The fraction of sp³-hybridized carbons (Fsp3) is 0.472. The lowest BCUT2D eigenvalue weighted by atomic mass is 9.96. The van der Waals surface area contributed by atoms with Gasteiger partial charge in [0.05, 0.1) is 12.5 Å². The van der Waals surface area contributed by atoms with E-state index in [9.17, 15) is 14.4 Å². The van der Waals surface area contributed by atoms with E-state index < -0.39 is 0 Å². The first-order valence-electron chi connectivity index (χ1n) is 16.9. The molecule has 248 valence electrons. The van der Waals surface area contributed by atoms with Crippen LogP contribution in [0.5, 0.6) is 0 Å². The molecule has 0 bridgehead atoms. The van der Waals surface area contributed by atoms with Crippen LogP contribution in [-0.2, 0) is 29.0 Å². The molecule has 1 unspecified atom stereocenters. The van der Waals surface area contributed by atoms with E-state index in [4.69, 9.17) is 4.98 Å². The van der Waals surface area contributed by atoms with Crippen molar-refractivity contribution in [3.05, 3.63) is 81.5 Å². The molecule has 1 saturated heterocycles. The van der Waals surface area contributed by atoms with Gasteiger partial charge in [-0.3, -0.25) is 19.0 Å². The van der Waals surface area contributed by atoms with Crippen LogP contribution in [0, 0.1) is 12.8 Å². The van der Waals surface area contributed by atoms with Gasteiger partial charge in [-0.25, -0.2) is 4.98 Å². The molecular weight excluding hydrogens is 592 g/mol. The summed E-state index contributed by atoms with van der Waals surface area (Å²) in [4.78, 5) is 48.9. The number of amides is 2. The van der Waals surface area contributed by atoms with Gasteiger partial charge in [0.2, 0.25) is 17.6 Å². The summed E-state index contributed by atoms with van der Waals surface area (Å²) < 4.78 is 1.78. The molecule has 1 aliphatic heterocycles. The second-order valence-electron chi connectivity index (χ2n) is 12.3. The van der Waals surface area contributed by atoms with Gasteiger partial charge in [-0.1, -0.05) is 61.9 Å². The van der Waals surface area contributed by atoms with Gasteiger partial charge in [-0.15, -0.1) is 10.2 Å². The van der Waals surface area contributed by atoms with Gasteiger partial charge in [0, 0.05) is 55.8 Å². The van der Waals surface area contributed by atoms with Gasteiger partial charge in [0.25, 0.3) is 5.56 Å². The summed E-state index contributed by atoms with van der Waals surface area (Å²) in [5, 5.41) is 14.5. The molecule has 11 nitrogen and oxygen atoms in total. The Morgan fingerprint density at radius 2 is 1.74 bits per heavy atom. The van der Waals surface area contributed by atoms with Crippen molar-refractivity contribution in [3.8, 4) is 22.5 Å². The van der Waals surface area contributed by atoms with Gasteiger partial charge in [-0.2, -0.15) is 5.21 Å². The van der Waals surface area contributed by atoms with E-state index in [1.165, 1.54) is 0 Å². The lowest BCUT2D eigenvalue weighted by molar-refractivity contribution is -0.140. The molecule has 2 amide bonds. The number of carbonyl (C=O) groups excluding carboxylic acids is 2. The average molecular weight is 639 g/mol. The van der Waals surface area contributed by atoms with Crippen molar-refractivity contribution in [2.45, 2.75) is 79.2 Å². The largest absolute Gasteiger partial charge is 0.343 e. The summed E-state index contributed by atoms with van der Waals surface area (Å²) in [6, 6.07) is 16.1. The van der Waals surface area contributed by atoms with Crippen LogP contribution in [0.15, 0.2) is 53.3 Å². The van der Waals surface area contributed by atoms with Gasteiger partial charge in [0.1, 0.15) is 5.82 Å². The highest BCUT2D eigenvalue weighted by Crippen LogP contribution is 2.30. The van der Waals surface area contributed by atoms with Gasteiger partial charge in [0.15, 0.2) is 0 Å². The Hall–Kier alpha value is -4.67. The zero-order chi connectivity index (χ0) is 33.3. The summed E-state index contributed by atoms with van der Waals surface area (Å²) in [5.41, 5.74) is 5.04. The molecule has 11 heteroatoms. The summed E-state index contributed by atoms with van der Waals surface area (Å²) in [7, 11) is 0. The van der Waals surface area contributed by atoms with Crippen LogP contribution in [0.1, 0.15) is 75.5 Å². The monoisotopic (exact) mass is 638 g/mol. The predicted molar refractivity (Wildman–Crippen MR) is 182 cm³/mol. The van der Waals surface area contributed by atoms with E-state index in [-0.39, 0.29) is 29.7 Å². The Morgan fingerprint density at radius 3 is 2.43 bits per heavy atom. The highest BCUT2D eigenvalue weighted by molar-refractivity contribution is 5.82. The molecule has 4 aromatic rings. The van der Waals surface area contributed by atoms with Crippen molar-refractivity contribution in [2.75, 3.05) is 26.2 Å².